The highest BCUT2D eigenvalue weighted by Crippen LogP contribution is 2.10. The monoisotopic (exact) mass is 411 g/mol. The van der Waals surface area contributed by atoms with Gasteiger partial charge in [-0.05, 0) is 36.7 Å². The molecule has 0 heterocycles. The molecule has 2 aromatic rings. The fraction of sp³-hybridized carbons (Fsp3) is 0.417. The highest BCUT2D eigenvalue weighted by molar-refractivity contribution is 5.85. The van der Waals surface area contributed by atoms with Crippen molar-refractivity contribution in [2.24, 2.45) is 5.92 Å². The second-order valence-electron chi connectivity index (χ2n) is 7.84. The first kappa shape index (κ1) is 23.4. The number of carbonyl (C=O) groups excluding carboxylic acids is 2. The van der Waals surface area contributed by atoms with Crippen molar-refractivity contribution < 1.29 is 14.3 Å². The molecule has 0 aliphatic carbocycles. The summed E-state index contributed by atoms with van der Waals surface area (Å²) in [6, 6.07) is 17.0. The van der Waals surface area contributed by atoms with Gasteiger partial charge in [-0.2, -0.15) is 0 Å². The van der Waals surface area contributed by atoms with Crippen molar-refractivity contribution in [1.82, 2.24) is 15.5 Å². The molecular weight excluding hydrogens is 378 g/mol. The Hall–Kier alpha value is -2.86. The van der Waals surface area contributed by atoms with Crippen LogP contribution < -0.4 is 10.6 Å². The summed E-state index contributed by atoms with van der Waals surface area (Å²) < 4.78 is 5.28. The third-order valence-corrected chi connectivity index (χ3v) is 4.97. The van der Waals surface area contributed by atoms with Crippen molar-refractivity contribution in [3.63, 3.8) is 0 Å². The van der Waals surface area contributed by atoms with Crippen LogP contribution >= 0.6 is 0 Å². The minimum Gasteiger partial charge on any atom is -0.445 e. The Morgan fingerprint density at radius 2 is 1.60 bits per heavy atom. The molecule has 0 aromatic heterocycles. The summed E-state index contributed by atoms with van der Waals surface area (Å²) in [5.41, 5.74) is 3.13. The number of hydrogen-bond acceptors (Lipinski definition) is 4. The molecule has 0 spiro atoms. The van der Waals surface area contributed by atoms with Crippen LogP contribution in [0.25, 0.3) is 0 Å². The number of alkyl carbamates (subject to hydrolysis) is 1. The number of nitrogens with zero attached hydrogens (tertiary/aromatic N) is 1. The van der Waals surface area contributed by atoms with Gasteiger partial charge in [0.15, 0.2) is 0 Å². The van der Waals surface area contributed by atoms with Gasteiger partial charge in [-0.15, -0.1) is 0 Å². The van der Waals surface area contributed by atoms with E-state index in [4.69, 9.17) is 4.74 Å². The zero-order valence-electron chi connectivity index (χ0n) is 18.4. The number of hydrogen-bond donors (Lipinski definition) is 2. The van der Waals surface area contributed by atoms with E-state index in [0.29, 0.717) is 6.54 Å². The molecule has 0 saturated carbocycles. The van der Waals surface area contributed by atoms with Crippen LogP contribution in [0.1, 0.15) is 37.0 Å². The summed E-state index contributed by atoms with van der Waals surface area (Å²) in [5.74, 6) is -0.227. The van der Waals surface area contributed by atoms with Gasteiger partial charge in [0.05, 0.1) is 0 Å². The molecule has 2 N–H and O–H groups in total. The predicted octanol–water partition coefficient (Wildman–Crippen LogP) is 3.71. The van der Waals surface area contributed by atoms with Crippen molar-refractivity contribution in [3.05, 3.63) is 71.3 Å². The van der Waals surface area contributed by atoms with E-state index in [0.717, 1.165) is 24.1 Å². The Morgan fingerprint density at radius 1 is 0.967 bits per heavy atom. The van der Waals surface area contributed by atoms with Crippen molar-refractivity contribution in [1.29, 1.82) is 0 Å². The lowest BCUT2D eigenvalue weighted by atomic mass is 9.98. The number of rotatable bonds is 10. The number of ether oxygens (including phenoxy) is 1. The number of carbonyl (C=O) groups is 2. The summed E-state index contributed by atoms with van der Waals surface area (Å²) in [6.07, 6.45) is 0.170. The molecule has 0 bridgehead atoms. The molecule has 162 valence electrons. The molecule has 0 saturated heterocycles. The van der Waals surface area contributed by atoms with E-state index in [1.165, 1.54) is 5.56 Å². The molecule has 0 aliphatic heterocycles. The fourth-order valence-corrected chi connectivity index (χ4v) is 3.02. The predicted molar refractivity (Wildman–Crippen MR) is 119 cm³/mol. The standard InChI is InChI=1S/C24H33N3O3/c1-5-18(2)22(26-24(29)30-17-21-9-7-6-8-10-21)23(28)25-15-19-11-13-20(14-12-19)16-27(3)4/h6-14,18,22H,5,15-17H2,1-4H3,(H,25,28)(H,26,29)/t18-,22-/m0/s1. The minimum absolute atomic E-state index is 0.0169. The van der Waals surface area contributed by atoms with E-state index >= 15 is 0 Å². The van der Waals surface area contributed by atoms with Crippen molar-refractivity contribution >= 4 is 12.0 Å². The Labute approximate surface area is 179 Å². The quantitative estimate of drug-likeness (QED) is 0.625. The summed E-state index contributed by atoms with van der Waals surface area (Å²) in [5, 5.41) is 5.66. The summed E-state index contributed by atoms with van der Waals surface area (Å²) in [4.78, 5) is 27.1. The van der Waals surface area contributed by atoms with E-state index in [-0.39, 0.29) is 18.4 Å². The fourth-order valence-electron chi connectivity index (χ4n) is 3.02. The lowest BCUT2D eigenvalue weighted by molar-refractivity contribution is -0.124. The zero-order valence-corrected chi connectivity index (χ0v) is 18.4. The van der Waals surface area contributed by atoms with Gasteiger partial charge >= 0.3 is 6.09 Å². The van der Waals surface area contributed by atoms with E-state index in [9.17, 15) is 9.59 Å². The van der Waals surface area contributed by atoms with Crippen LogP contribution in [0.15, 0.2) is 54.6 Å². The van der Waals surface area contributed by atoms with Gasteiger partial charge in [-0.1, -0.05) is 74.9 Å². The normalized spacial score (nSPS) is 12.8. The molecule has 0 unspecified atom stereocenters. The van der Waals surface area contributed by atoms with Crippen LogP contribution in [0, 0.1) is 5.92 Å². The molecule has 2 amide bonds. The number of benzene rings is 2. The molecule has 6 heteroatoms. The first-order valence-electron chi connectivity index (χ1n) is 10.4. The van der Waals surface area contributed by atoms with Crippen LogP contribution in [0.4, 0.5) is 4.79 Å². The topological polar surface area (TPSA) is 70.7 Å². The maximum absolute atomic E-state index is 12.8. The molecule has 2 atom stereocenters. The van der Waals surface area contributed by atoms with Crippen LogP contribution in [-0.2, 0) is 29.2 Å². The summed E-state index contributed by atoms with van der Waals surface area (Å²) >= 11 is 0. The van der Waals surface area contributed by atoms with Crippen molar-refractivity contribution in [2.45, 2.75) is 46.0 Å². The van der Waals surface area contributed by atoms with Crippen molar-refractivity contribution in [3.8, 4) is 0 Å². The minimum atomic E-state index is -0.647. The van der Waals surface area contributed by atoms with E-state index in [2.05, 4.69) is 27.7 Å². The maximum atomic E-state index is 12.8. The van der Waals surface area contributed by atoms with Gasteiger partial charge in [0.2, 0.25) is 5.91 Å². The van der Waals surface area contributed by atoms with E-state index in [1.807, 2.05) is 70.4 Å². The Balaban J connectivity index is 1.88. The number of amides is 2. The average Bonchev–Trinajstić information content (AvgIpc) is 2.75. The van der Waals surface area contributed by atoms with Gasteiger partial charge < -0.3 is 20.3 Å². The smallest absolute Gasteiger partial charge is 0.408 e. The summed E-state index contributed by atoms with van der Waals surface area (Å²) in [6.45, 7) is 5.39. The Kier molecular flexibility index (Phi) is 9.35. The molecule has 6 nitrogen and oxygen atoms in total. The third kappa shape index (κ3) is 7.87. The van der Waals surface area contributed by atoms with Crippen LogP contribution in [0.5, 0.6) is 0 Å². The highest BCUT2D eigenvalue weighted by Gasteiger charge is 2.26. The second-order valence-corrected chi connectivity index (χ2v) is 7.84. The van der Waals surface area contributed by atoms with Gasteiger partial charge in [0, 0.05) is 13.1 Å². The molecule has 0 radical (unpaired) electrons. The van der Waals surface area contributed by atoms with Gasteiger partial charge in [0.25, 0.3) is 0 Å². The Bertz CT molecular complexity index is 791. The lowest BCUT2D eigenvalue weighted by Gasteiger charge is -2.23. The SMILES string of the molecule is CC[C@H](C)[C@H](NC(=O)OCc1ccccc1)C(=O)NCc1ccc(CN(C)C)cc1. The first-order chi connectivity index (χ1) is 14.4. The largest absolute Gasteiger partial charge is 0.445 e. The molecule has 30 heavy (non-hydrogen) atoms. The van der Waals surface area contributed by atoms with Gasteiger partial charge in [-0.25, -0.2) is 4.79 Å². The summed E-state index contributed by atoms with van der Waals surface area (Å²) in [7, 11) is 4.06. The second kappa shape index (κ2) is 12.0. The molecule has 2 aromatic carbocycles. The first-order valence-corrected chi connectivity index (χ1v) is 10.4. The molecular formula is C24H33N3O3. The van der Waals surface area contributed by atoms with E-state index < -0.39 is 12.1 Å². The van der Waals surface area contributed by atoms with Crippen LogP contribution in [0.3, 0.4) is 0 Å². The van der Waals surface area contributed by atoms with E-state index in [1.54, 1.807) is 0 Å². The lowest BCUT2D eigenvalue weighted by Crippen LogP contribution is -2.50. The zero-order chi connectivity index (χ0) is 21.9. The van der Waals surface area contributed by atoms with Crippen LogP contribution in [0.2, 0.25) is 0 Å². The van der Waals surface area contributed by atoms with Crippen molar-refractivity contribution in [2.75, 3.05) is 14.1 Å². The molecule has 0 aliphatic rings. The molecule has 0 fully saturated rings. The highest BCUT2D eigenvalue weighted by atomic mass is 16.5. The van der Waals surface area contributed by atoms with Gasteiger partial charge in [0.1, 0.15) is 12.6 Å². The number of nitrogens with one attached hydrogen (secondary N) is 2. The van der Waals surface area contributed by atoms with Crippen LogP contribution in [-0.4, -0.2) is 37.0 Å². The average molecular weight is 412 g/mol. The van der Waals surface area contributed by atoms with Gasteiger partial charge in [-0.3, -0.25) is 4.79 Å². The maximum Gasteiger partial charge on any atom is 0.408 e. The molecule has 2 rings (SSSR count). The Morgan fingerprint density at radius 3 is 2.20 bits per heavy atom. The third-order valence-electron chi connectivity index (χ3n) is 4.97.